The number of rotatable bonds is 6. The van der Waals surface area contributed by atoms with Crippen molar-refractivity contribution in [1.29, 1.82) is 0 Å². The number of aliphatic hydroxyl groups excluding tert-OH is 1. The minimum absolute atomic E-state index is 0.0547. The number of nitrogens with zero attached hydrogens (tertiary/aromatic N) is 7. The quantitative estimate of drug-likeness (QED) is 0.293. The van der Waals surface area contributed by atoms with Gasteiger partial charge in [0.05, 0.1) is 25.3 Å². The number of fused-ring (bicyclic) bond motifs is 7. The van der Waals surface area contributed by atoms with Gasteiger partial charge in [-0.25, -0.2) is 20.6 Å². The highest BCUT2D eigenvalue weighted by atomic mass is 31.1. The molecular weight excluding hydrogens is 531 g/mol. The number of ether oxygens (including phenoxy) is 4. The molecule has 2 aromatic heterocycles. The van der Waals surface area contributed by atoms with Gasteiger partial charge in [-0.15, -0.1) is 5.12 Å². The van der Waals surface area contributed by atoms with Crippen LogP contribution in [0.4, 0.5) is 16.3 Å². The Kier molecular flexibility index (Phi) is 9.17. The number of hydrogen-bond donors (Lipinski definition) is 2. The molecule has 3 N–H and O–H groups in total. The monoisotopic (exact) mass is 564 g/mol. The maximum Gasteiger partial charge on any atom is 0.410 e. The fraction of sp³-hybridized carbons (Fsp3) is 0.565. The highest BCUT2D eigenvalue weighted by molar-refractivity contribution is 7.39. The summed E-state index contributed by atoms with van der Waals surface area (Å²) in [6.45, 7) is 6.26. The number of hydrogen-bond acceptors (Lipinski definition) is 14. The summed E-state index contributed by atoms with van der Waals surface area (Å²) >= 11 is 0. The maximum absolute atomic E-state index is 12.8. The van der Waals surface area contributed by atoms with E-state index in [4.69, 9.17) is 24.8 Å². The summed E-state index contributed by atoms with van der Waals surface area (Å²) in [6, 6.07) is 3.18. The number of aliphatic hydroxyl groups is 1. The molecule has 0 radical (unpaired) electrons. The summed E-state index contributed by atoms with van der Waals surface area (Å²) in [4.78, 5) is 43.8. The number of hydrazine groups is 2. The molecule has 2 bridgehead atoms. The predicted octanol–water partition coefficient (Wildman–Crippen LogP) is 1.64. The lowest BCUT2D eigenvalue weighted by Crippen LogP contribution is -2.46. The van der Waals surface area contributed by atoms with Gasteiger partial charge in [0.15, 0.2) is 7.94 Å². The van der Waals surface area contributed by atoms with Gasteiger partial charge in [0.2, 0.25) is 23.7 Å². The van der Waals surface area contributed by atoms with Gasteiger partial charge in [-0.2, -0.15) is 10.1 Å². The minimum Gasteiger partial charge on any atom is -0.610 e. The van der Waals surface area contributed by atoms with Crippen LogP contribution in [0.5, 0.6) is 17.5 Å². The predicted molar refractivity (Wildman–Crippen MR) is 139 cm³/mol. The van der Waals surface area contributed by atoms with E-state index in [-0.39, 0.29) is 54.2 Å². The van der Waals surface area contributed by atoms with Crippen LogP contribution in [-0.2, 0) is 4.74 Å². The third kappa shape index (κ3) is 6.92. The number of aromatic nitrogens is 3. The molecule has 0 spiro atoms. The molecule has 5 heterocycles. The van der Waals surface area contributed by atoms with Gasteiger partial charge < -0.3 is 33.8 Å². The summed E-state index contributed by atoms with van der Waals surface area (Å²) in [5, 5.41) is 12.4. The number of methoxy groups -OCH3 is 1. The number of nitrogens with two attached hydrogens (primary N) is 1. The Labute approximate surface area is 226 Å². The van der Waals surface area contributed by atoms with Gasteiger partial charge in [0, 0.05) is 36.9 Å². The maximum atomic E-state index is 12.8. The Hall–Kier alpha value is -3.52. The zero-order chi connectivity index (χ0) is 28.1. The molecular formula is C23H33N8O7P. The lowest BCUT2D eigenvalue weighted by Gasteiger charge is -2.32. The summed E-state index contributed by atoms with van der Waals surface area (Å²) in [5.74, 6) is 7.09. The first-order valence-electron chi connectivity index (χ1n) is 12.5. The average molecular weight is 565 g/mol. The van der Waals surface area contributed by atoms with Gasteiger partial charge in [-0.3, -0.25) is 0 Å². The first-order chi connectivity index (χ1) is 18.7. The van der Waals surface area contributed by atoms with E-state index in [2.05, 4.69) is 19.8 Å². The van der Waals surface area contributed by atoms with Crippen LogP contribution in [0.2, 0.25) is 0 Å². The molecule has 0 aliphatic carbocycles. The van der Waals surface area contributed by atoms with Crippen LogP contribution < -0.4 is 35.2 Å². The van der Waals surface area contributed by atoms with E-state index in [1.807, 2.05) is 13.8 Å². The molecule has 2 atom stereocenters. The summed E-state index contributed by atoms with van der Waals surface area (Å²) < 4.78 is 22.4. The second kappa shape index (κ2) is 12.6. The Balaban J connectivity index is 1.57. The zero-order valence-electron chi connectivity index (χ0n) is 22.3. The number of carbonyl (C=O) groups is 1. The topological polar surface area (TPSA) is 184 Å². The average Bonchev–Trinajstić information content (AvgIpc) is 2.94. The zero-order valence-corrected chi connectivity index (χ0v) is 23.2. The number of likely N-dealkylation sites (tertiary alicyclic amines) is 1. The molecule has 2 unspecified atom stereocenters. The van der Waals surface area contributed by atoms with Gasteiger partial charge >= 0.3 is 6.09 Å². The van der Waals surface area contributed by atoms with E-state index in [1.165, 1.54) is 18.6 Å². The molecule has 2 aromatic rings. The highest BCUT2D eigenvalue weighted by Gasteiger charge is 2.30. The van der Waals surface area contributed by atoms with Gasteiger partial charge in [0.25, 0.3) is 5.88 Å². The summed E-state index contributed by atoms with van der Waals surface area (Å²) in [6.07, 6.45) is 0.589. The Morgan fingerprint density at radius 3 is 2.69 bits per heavy atom. The molecule has 212 valence electrons. The van der Waals surface area contributed by atoms with E-state index in [1.54, 1.807) is 24.0 Å². The third-order valence-electron chi connectivity index (χ3n) is 5.95. The Morgan fingerprint density at radius 1 is 1.28 bits per heavy atom. The van der Waals surface area contributed by atoms with E-state index >= 15 is 0 Å². The fourth-order valence-corrected chi connectivity index (χ4v) is 4.93. The molecule has 5 rings (SSSR count). The lowest BCUT2D eigenvalue weighted by atomic mass is 10.1. The second-order valence-electron chi connectivity index (χ2n) is 9.19. The van der Waals surface area contributed by atoms with Crippen LogP contribution in [0, 0.1) is 6.92 Å². The van der Waals surface area contributed by atoms with Crippen LogP contribution >= 0.6 is 7.94 Å². The molecule has 1 saturated heterocycles. The summed E-state index contributed by atoms with van der Waals surface area (Å²) in [7, 11) is -0.757. The fourth-order valence-electron chi connectivity index (χ4n) is 4.03. The van der Waals surface area contributed by atoms with Crippen molar-refractivity contribution in [2.45, 2.75) is 58.5 Å². The number of anilines is 2. The Bertz CT molecular complexity index is 1200. The molecule has 3 aliphatic rings. The SMILES string of the molecule is COc1c(OC2CCN(C(=O)OC(C)C)CC2)ncnc1N(N)N1/N=[P+](\[O-])CCC(O)Oc2ccc1c(C)n2. The summed E-state index contributed by atoms with van der Waals surface area (Å²) in [5.41, 5.74) is 0.866. The van der Waals surface area contributed by atoms with E-state index < -0.39 is 14.2 Å². The van der Waals surface area contributed by atoms with E-state index in [0.29, 0.717) is 37.3 Å². The van der Waals surface area contributed by atoms with Crippen molar-refractivity contribution in [1.82, 2.24) is 19.9 Å². The molecule has 16 heteroatoms. The molecule has 15 nitrogen and oxygen atoms in total. The van der Waals surface area contributed by atoms with Crippen molar-refractivity contribution in [2.75, 3.05) is 36.6 Å². The molecule has 0 aromatic carbocycles. The molecule has 0 saturated carbocycles. The molecule has 1 amide bonds. The van der Waals surface area contributed by atoms with Gasteiger partial charge in [0.1, 0.15) is 24.3 Å². The third-order valence-corrected chi connectivity index (χ3v) is 6.96. The van der Waals surface area contributed by atoms with Crippen LogP contribution in [0.25, 0.3) is 0 Å². The first kappa shape index (κ1) is 28.5. The highest BCUT2D eigenvalue weighted by Crippen LogP contribution is 2.37. The molecule has 39 heavy (non-hydrogen) atoms. The van der Waals surface area contributed by atoms with Crippen LogP contribution in [0.15, 0.2) is 23.3 Å². The number of aryl methyl sites for hydroxylation is 1. The number of pyridine rings is 1. The minimum atomic E-state index is -2.19. The van der Waals surface area contributed by atoms with Crippen molar-refractivity contribution in [2.24, 2.45) is 10.7 Å². The lowest BCUT2D eigenvalue weighted by molar-refractivity contribution is -0.156. The number of piperidine rings is 1. The molecule has 3 aliphatic heterocycles. The number of carbonyl (C=O) groups excluding carboxylic acids is 1. The van der Waals surface area contributed by atoms with E-state index in [0.717, 1.165) is 5.12 Å². The van der Waals surface area contributed by atoms with Crippen molar-refractivity contribution < 1.29 is 33.7 Å². The molecule has 1 fully saturated rings. The smallest absolute Gasteiger partial charge is 0.410 e. The first-order valence-corrected chi connectivity index (χ1v) is 13.9. The van der Waals surface area contributed by atoms with Crippen molar-refractivity contribution in [3.8, 4) is 17.5 Å². The largest absolute Gasteiger partial charge is 0.610 e. The van der Waals surface area contributed by atoms with Crippen molar-refractivity contribution in [3.63, 3.8) is 0 Å². The van der Waals surface area contributed by atoms with Crippen molar-refractivity contribution >= 4 is 25.5 Å². The standard InChI is InChI=1S/C23H33N8O7P/c1-14(2)36-23(33)29-10-7-16(8-11-29)37-22-20(35-4)21(25-13-26-22)30(24)31-17-5-6-18(27-15(17)3)38-19(32)9-12-39(34)28-31/h5-6,13-14,16,19,32H,7-12,24H2,1-4H3. The number of amides is 1. The normalized spacial score (nSPS) is 19.6. The van der Waals surface area contributed by atoms with Crippen LogP contribution in [0.1, 0.15) is 38.8 Å². The van der Waals surface area contributed by atoms with E-state index in [9.17, 15) is 14.8 Å². The van der Waals surface area contributed by atoms with Gasteiger partial charge in [-0.1, -0.05) is 0 Å². The van der Waals surface area contributed by atoms with Crippen molar-refractivity contribution in [3.05, 3.63) is 24.2 Å². The van der Waals surface area contributed by atoms with Crippen LogP contribution in [0.3, 0.4) is 0 Å². The Morgan fingerprint density at radius 2 is 2.03 bits per heavy atom. The van der Waals surface area contributed by atoms with Crippen LogP contribution in [-0.4, -0.2) is 75.9 Å². The van der Waals surface area contributed by atoms with Gasteiger partial charge in [-0.05, 0) is 26.8 Å². The second-order valence-corrected chi connectivity index (χ2v) is 10.5.